The minimum atomic E-state index is -0.618. The van der Waals surface area contributed by atoms with Gasteiger partial charge in [0.2, 0.25) is 0 Å². The van der Waals surface area contributed by atoms with Crippen molar-refractivity contribution in [2.45, 2.75) is 188 Å². The Morgan fingerprint density at radius 3 is 1.24 bits per heavy atom. The molecular weight excluding hydrogens is 673 g/mol. The number of carbonyl (C=O) groups is 2. The van der Waals surface area contributed by atoms with Crippen molar-refractivity contribution < 1.29 is 28.5 Å². The van der Waals surface area contributed by atoms with E-state index in [2.05, 4.69) is 61.2 Å². The van der Waals surface area contributed by atoms with Crippen LogP contribution in [0.1, 0.15) is 187 Å². The lowest BCUT2D eigenvalue weighted by Crippen LogP contribution is -2.13. The predicted molar refractivity (Wildman–Crippen MR) is 222 cm³/mol. The normalized spacial score (nSPS) is 9.98. The fraction of sp³-hybridized carbons (Fsp3) is 0.667. The highest BCUT2D eigenvalue weighted by atomic mass is 16.6. The summed E-state index contributed by atoms with van der Waals surface area (Å²) in [5.74, 6) is 24.8. The number of unbranched alkanes of at least 4 members (excludes halogenated alkanes) is 20. The van der Waals surface area contributed by atoms with Gasteiger partial charge in [-0.2, -0.15) is 0 Å². The molecule has 0 amide bonds. The van der Waals surface area contributed by atoms with E-state index in [1.165, 1.54) is 89.9 Å². The highest BCUT2D eigenvalue weighted by Crippen LogP contribution is 2.25. The van der Waals surface area contributed by atoms with Crippen LogP contribution in [0.25, 0.3) is 0 Å². The van der Waals surface area contributed by atoms with Gasteiger partial charge in [0.25, 0.3) is 0 Å². The Balaban J connectivity index is 2.36. The summed E-state index contributed by atoms with van der Waals surface area (Å²) >= 11 is 0. The molecule has 0 saturated carbocycles. The molecule has 0 aromatic heterocycles. The van der Waals surface area contributed by atoms with Crippen LogP contribution >= 0.6 is 0 Å². The molecule has 1 aromatic carbocycles. The number of hydrogen-bond acceptors (Lipinski definition) is 6. The fourth-order valence-corrected chi connectivity index (χ4v) is 5.56. The quantitative estimate of drug-likeness (QED) is 0.0326. The molecule has 6 nitrogen and oxygen atoms in total. The number of rotatable bonds is 31. The van der Waals surface area contributed by atoms with Crippen LogP contribution in [0.3, 0.4) is 0 Å². The molecule has 0 fully saturated rings. The number of esters is 2. The second-order valence-electron chi connectivity index (χ2n) is 13.7. The predicted octanol–water partition coefficient (Wildman–Crippen LogP) is 11.9. The van der Waals surface area contributed by atoms with Crippen LogP contribution in [0.4, 0.5) is 0 Å². The van der Waals surface area contributed by atoms with Gasteiger partial charge in [0.05, 0.1) is 19.8 Å². The SMILES string of the molecule is CCCCCC#CC#CCCCCCCCCCOc1cc(COC(=O)CC(=O)OCC)cc(OCCCCCCCCCC#CC#CCCCCC)c1. The van der Waals surface area contributed by atoms with Crippen molar-refractivity contribution in [2.75, 3.05) is 19.8 Å². The van der Waals surface area contributed by atoms with Gasteiger partial charge >= 0.3 is 11.9 Å². The fourth-order valence-electron chi connectivity index (χ4n) is 5.56. The Morgan fingerprint density at radius 1 is 0.463 bits per heavy atom. The summed E-state index contributed by atoms with van der Waals surface area (Å²) < 4.78 is 22.4. The van der Waals surface area contributed by atoms with Crippen molar-refractivity contribution in [3.63, 3.8) is 0 Å². The van der Waals surface area contributed by atoms with E-state index in [4.69, 9.17) is 18.9 Å². The molecule has 0 heterocycles. The second kappa shape index (κ2) is 37.3. The van der Waals surface area contributed by atoms with Crippen molar-refractivity contribution in [1.29, 1.82) is 0 Å². The van der Waals surface area contributed by atoms with Gasteiger partial charge in [0, 0.05) is 31.7 Å². The van der Waals surface area contributed by atoms with Gasteiger partial charge in [-0.3, -0.25) is 9.59 Å². The van der Waals surface area contributed by atoms with E-state index >= 15 is 0 Å². The first-order chi connectivity index (χ1) is 26.6. The zero-order chi connectivity index (χ0) is 39.0. The van der Waals surface area contributed by atoms with Crippen LogP contribution in [0.5, 0.6) is 11.5 Å². The smallest absolute Gasteiger partial charge is 0.317 e. The van der Waals surface area contributed by atoms with Gasteiger partial charge < -0.3 is 18.9 Å². The molecule has 0 saturated heterocycles. The van der Waals surface area contributed by atoms with Crippen molar-refractivity contribution in [3.05, 3.63) is 23.8 Å². The maximum Gasteiger partial charge on any atom is 0.317 e. The summed E-state index contributed by atoms with van der Waals surface area (Å²) in [6.07, 6.45) is 26.8. The Labute approximate surface area is 330 Å². The number of ether oxygens (including phenoxy) is 4. The van der Waals surface area contributed by atoms with Crippen LogP contribution < -0.4 is 9.47 Å². The molecule has 0 spiro atoms. The molecule has 0 aliphatic rings. The van der Waals surface area contributed by atoms with Crippen LogP contribution in [0.2, 0.25) is 0 Å². The first-order valence-electron chi connectivity index (χ1n) is 21.2. The van der Waals surface area contributed by atoms with Crippen molar-refractivity contribution in [2.24, 2.45) is 0 Å². The molecule has 0 bridgehead atoms. The third-order valence-electron chi connectivity index (χ3n) is 8.65. The van der Waals surface area contributed by atoms with E-state index in [-0.39, 0.29) is 13.2 Å². The van der Waals surface area contributed by atoms with E-state index in [1.54, 1.807) is 6.92 Å². The third-order valence-corrected chi connectivity index (χ3v) is 8.65. The summed E-state index contributed by atoms with van der Waals surface area (Å²) in [5, 5.41) is 0. The van der Waals surface area contributed by atoms with Crippen LogP contribution in [-0.2, 0) is 25.7 Å². The summed E-state index contributed by atoms with van der Waals surface area (Å²) in [6.45, 7) is 7.59. The van der Waals surface area contributed by atoms with Gasteiger partial charge in [-0.15, -0.1) is 0 Å². The number of carbonyl (C=O) groups excluding carboxylic acids is 2. The standard InChI is InChI=1S/C48H70O6/c1-4-7-9-11-13-15-17-19-21-23-25-27-29-31-33-35-37-52-45-39-44(43-54-48(50)42-47(49)51-6-3)40-46(41-45)53-38-36-34-32-30-28-26-24-22-20-18-16-14-12-10-8-5-2/h39-41H,4-12,21-38,42-43H2,1-3H3. The second-order valence-corrected chi connectivity index (χ2v) is 13.7. The van der Waals surface area contributed by atoms with Gasteiger partial charge in [-0.1, -0.05) is 127 Å². The molecule has 0 atom stereocenters. The van der Waals surface area contributed by atoms with E-state index < -0.39 is 18.4 Å². The van der Waals surface area contributed by atoms with Crippen molar-refractivity contribution in [1.82, 2.24) is 0 Å². The Kier molecular flexibility index (Phi) is 33.2. The minimum Gasteiger partial charge on any atom is -0.493 e. The van der Waals surface area contributed by atoms with Crippen molar-refractivity contribution >= 4 is 11.9 Å². The highest BCUT2D eigenvalue weighted by molar-refractivity contribution is 5.91. The summed E-state index contributed by atoms with van der Waals surface area (Å²) in [4.78, 5) is 23.8. The van der Waals surface area contributed by atoms with Gasteiger partial charge in [-0.05, 0) is 86.8 Å². The molecule has 298 valence electrons. The first kappa shape index (κ1) is 48.0. The minimum absolute atomic E-state index is 0.0296. The zero-order valence-electron chi connectivity index (χ0n) is 34.2. The number of hydrogen-bond donors (Lipinski definition) is 0. The molecular formula is C48H70O6. The van der Waals surface area contributed by atoms with E-state index in [0.29, 0.717) is 24.7 Å². The van der Waals surface area contributed by atoms with Crippen molar-refractivity contribution in [3.8, 4) is 58.9 Å². The van der Waals surface area contributed by atoms with Crippen LogP contribution in [0, 0.1) is 47.4 Å². The van der Waals surface area contributed by atoms with Crippen LogP contribution in [-0.4, -0.2) is 31.8 Å². The third kappa shape index (κ3) is 31.5. The topological polar surface area (TPSA) is 71.1 Å². The van der Waals surface area contributed by atoms with Gasteiger partial charge in [-0.25, -0.2) is 0 Å². The molecule has 0 radical (unpaired) electrons. The lowest BCUT2D eigenvalue weighted by molar-refractivity contribution is -0.155. The summed E-state index contributed by atoms with van der Waals surface area (Å²) in [7, 11) is 0. The summed E-state index contributed by atoms with van der Waals surface area (Å²) in [5.41, 5.74) is 0.757. The molecule has 0 unspecified atom stereocenters. The Morgan fingerprint density at radius 2 is 0.833 bits per heavy atom. The average Bonchev–Trinajstić information content (AvgIpc) is 3.16. The van der Waals surface area contributed by atoms with Gasteiger partial charge in [0.1, 0.15) is 24.5 Å². The monoisotopic (exact) mass is 743 g/mol. The molecule has 0 aliphatic heterocycles. The zero-order valence-corrected chi connectivity index (χ0v) is 34.2. The average molecular weight is 743 g/mol. The molecule has 6 heteroatoms. The maximum absolute atomic E-state index is 12.2. The number of benzene rings is 1. The lowest BCUT2D eigenvalue weighted by atomic mass is 10.1. The highest BCUT2D eigenvalue weighted by Gasteiger charge is 2.13. The van der Waals surface area contributed by atoms with Crippen LogP contribution in [0.15, 0.2) is 18.2 Å². The first-order valence-corrected chi connectivity index (χ1v) is 21.2. The largest absolute Gasteiger partial charge is 0.493 e. The molecule has 0 N–H and O–H groups in total. The van der Waals surface area contributed by atoms with E-state index in [0.717, 1.165) is 69.8 Å². The molecule has 54 heavy (non-hydrogen) atoms. The van der Waals surface area contributed by atoms with E-state index in [9.17, 15) is 9.59 Å². The van der Waals surface area contributed by atoms with E-state index in [1.807, 2.05) is 18.2 Å². The Bertz CT molecular complexity index is 1280. The molecule has 1 aromatic rings. The van der Waals surface area contributed by atoms with Gasteiger partial charge in [0.15, 0.2) is 0 Å². The summed E-state index contributed by atoms with van der Waals surface area (Å²) in [6, 6.07) is 5.66. The molecule has 1 rings (SSSR count). The lowest BCUT2D eigenvalue weighted by Gasteiger charge is -2.13. The molecule has 0 aliphatic carbocycles. The maximum atomic E-state index is 12.2. The Hall–Kier alpha value is -4.00.